The van der Waals surface area contributed by atoms with Crippen molar-refractivity contribution in [3.8, 4) is 0 Å². The van der Waals surface area contributed by atoms with E-state index in [1.54, 1.807) is 16.0 Å². The lowest BCUT2D eigenvalue weighted by molar-refractivity contribution is -0.133. The van der Waals surface area contributed by atoms with E-state index in [2.05, 4.69) is 27.5 Å². The van der Waals surface area contributed by atoms with Crippen LogP contribution in [0.4, 0.5) is 0 Å². The summed E-state index contributed by atoms with van der Waals surface area (Å²) in [7, 11) is 0. The van der Waals surface area contributed by atoms with E-state index in [0.717, 1.165) is 44.1 Å². The molecule has 0 spiro atoms. The smallest absolute Gasteiger partial charge is 0.244 e. The molecule has 0 aliphatic carbocycles. The van der Waals surface area contributed by atoms with Crippen molar-refractivity contribution in [2.45, 2.75) is 26.9 Å². The number of hydrogen-bond donors (Lipinski definition) is 0. The Morgan fingerprint density at radius 2 is 2.05 bits per heavy atom. The van der Waals surface area contributed by atoms with E-state index in [4.69, 9.17) is 0 Å². The fourth-order valence-electron chi connectivity index (χ4n) is 2.84. The molecule has 3 rings (SSSR count). The number of aryl methyl sites for hydroxylation is 2. The predicted octanol–water partition coefficient (Wildman–Crippen LogP) is 1.91. The minimum atomic E-state index is 0.168. The van der Waals surface area contributed by atoms with Crippen LogP contribution < -0.4 is 0 Å². The highest BCUT2D eigenvalue weighted by molar-refractivity contribution is 7.09. The Morgan fingerprint density at radius 1 is 1.27 bits per heavy atom. The molecule has 0 atom stereocenters. The highest BCUT2D eigenvalue weighted by Crippen LogP contribution is 2.14. The number of carbonyl (C=O) groups is 1. The molecule has 1 fully saturated rings. The van der Waals surface area contributed by atoms with Gasteiger partial charge in [0.1, 0.15) is 6.54 Å². The lowest BCUT2D eigenvalue weighted by Gasteiger charge is -2.34. The maximum atomic E-state index is 12.4. The first kappa shape index (κ1) is 15.2. The van der Waals surface area contributed by atoms with E-state index >= 15 is 0 Å². The highest BCUT2D eigenvalue weighted by atomic mass is 32.1. The molecule has 0 radical (unpaired) electrons. The average Bonchev–Trinajstić information content (AvgIpc) is 3.10. The first-order valence-corrected chi connectivity index (χ1v) is 8.53. The molecule has 118 valence electrons. The van der Waals surface area contributed by atoms with Gasteiger partial charge in [0, 0.05) is 43.3 Å². The second-order valence-electron chi connectivity index (χ2n) is 5.82. The second-order valence-corrected chi connectivity index (χ2v) is 6.85. The number of rotatable bonds is 4. The summed E-state index contributed by atoms with van der Waals surface area (Å²) in [6, 6.07) is 6.27. The molecule has 2 aromatic heterocycles. The van der Waals surface area contributed by atoms with Gasteiger partial charge in [-0.25, -0.2) is 0 Å². The first-order valence-electron chi connectivity index (χ1n) is 7.65. The van der Waals surface area contributed by atoms with Gasteiger partial charge in [0.25, 0.3) is 0 Å². The van der Waals surface area contributed by atoms with Gasteiger partial charge in [-0.1, -0.05) is 6.07 Å². The fourth-order valence-corrected chi connectivity index (χ4v) is 3.59. The summed E-state index contributed by atoms with van der Waals surface area (Å²) in [6.07, 6.45) is 0. The molecule has 1 aliphatic rings. The molecular weight excluding hydrogens is 296 g/mol. The minimum absolute atomic E-state index is 0.168. The van der Waals surface area contributed by atoms with E-state index in [1.165, 1.54) is 4.88 Å². The van der Waals surface area contributed by atoms with Crippen LogP contribution in [-0.4, -0.2) is 51.7 Å². The van der Waals surface area contributed by atoms with Crippen LogP contribution in [0, 0.1) is 13.8 Å². The van der Waals surface area contributed by atoms with Crippen molar-refractivity contribution < 1.29 is 4.79 Å². The third-order valence-corrected chi connectivity index (χ3v) is 4.93. The summed E-state index contributed by atoms with van der Waals surface area (Å²) >= 11 is 1.80. The van der Waals surface area contributed by atoms with E-state index in [9.17, 15) is 4.79 Å². The summed E-state index contributed by atoms with van der Waals surface area (Å²) in [4.78, 5) is 18.2. The third-order valence-electron chi connectivity index (χ3n) is 4.07. The van der Waals surface area contributed by atoms with Gasteiger partial charge in [-0.15, -0.1) is 11.3 Å². The molecule has 3 heterocycles. The first-order chi connectivity index (χ1) is 10.6. The maximum Gasteiger partial charge on any atom is 0.244 e. The molecule has 2 aromatic rings. The van der Waals surface area contributed by atoms with Crippen molar-refractivity contribution in [2.24, 2.45) is 0 Å². The highest BCUT2D eigenvalue weighted by Gasteiger charge is 2.22. The molecule has 0 saturated carbocycles. The second kappa shape index (κ2) is 6.62. The Kier molecular flexibility index (Phi) is 4.59. The van der Waals surface area contributed by atoms with Crippen LogP contribution in [0.5, 0.6) is 0 Å². The number of amides is 1. The Balaban J connectivity index is 1.50. The van der Waals surface area contributed by atoms with Crippen LogP contribution in [0.15, 0.2) is 23.6 Å². The number of piperazine rings is 1. The number of carbonyl (C=O) groups excluding carboxylic acids is 1. The lowest BCUT2D eigenvalue weighted by Crippen LogP contribution is -2.49. The molecular formula is C16H22N4OS. The van der Waals surface area contributed by atoms with Crippen molar-refractivity contribution in [1.29, 1.82) is 0 Å². The van der Waals surface area contributed by atoms with Crippen LogP contribution >= 0.6 is 11.3 Å². The summed E-state index contributed by atoms with van der Waals surface area (Å²) in [5, 5.41) is 6.48. The van der Waals surface area contributed by atoms with Gasteiger partial charge in [0.2, 0.25) is 5.91 Å². The molecule has 6 heteroatoms. The SMILES string of the molecule is Cc1cc(C)n(CC(=O)N2CCN(Cc3cccs3)CC2)n1. The van der Waals surface area contributed by atoms with Gasteiger partial charge in [-0.3, -0.25) is 14.4 Å². The summed E-state index contributed by atoms with van der Waals surface area (Å²) in [5.41, 5.74) is 2.01. The van der Waals surface area contributed by atoms with E-state index in [1.807, 2.05) is 24.8 Å². The van der Waals surface area contributed by atoms with E-state index in [0.29, 0.717) is 6.54 Å². The maximum absolute atomic E-state index is 12.4. The molecule has 5 nitrogen and oxygen atoms in total. The summed E-state index contributed by atoms with van der Waals surface area (Å²) in [6.45, 7) is 8.81. The Labute approximate surface area is 135 Å². The van der Waals surface area contributed by atoms with Gasteiger partial charge in [0.15, 0.2) is 0 Å². The van der Waals surface area contributed by atoms with Gasteiger partial charge < -0.3 is 4.90 Å². The number of nitrogens with zero attached hydrogens (tertiary/aromatic N) is 4. The van der Waals surface area contributed by atoms with Crippen LogP contribution in [0.2, 0.25) is 0 Å². The predicted molar refractivity (Wildman–Crippen MR) is 87.9 cm³/mol. The van der Waals surface area contributed by atoms with Crippen LogP contribution in [0.3, 0.4) is 0 Å². The van der Waals surface area contributed by atoms with Gasteiger partial charge in [-0.05, 0) is 31.4 Å². The average molecular weight is 318 g/mol. The Bertz CT molecular complexity index is 627. The van der Waals surface area contributed by atoms with Crippen molar-refractivity contribution >= 4 is 17.2 Å². The molecule has 0 bridgehead atoms. The van der Waals surface area contributed by atoms with Crippen molar-refractivity contribution in [3.63, 3.8) is 0 Å². The Morgan fingerprint density at radius 3 is 2.64 bits per heavy atom. The van der Waals surface area contributed by atoms with Gasteiger partial charge >= 0.3 is 0 Å². The largest absolute Gasteiger partial charge is 0.339 e. The summed E-state index contributed by atoms with van der Waals surface area (Å²) < 4.78 is 1.80. The standard InChI is InChI=1S/C16H22N4OS/c1-13-10-14(2)20(17-13)12-16(21)19-7-5-18(6-8-19)11-15-4-3-9-22-15/h3-4,9-10H,5-8,11-12H2,1-2H3. The molecule has 0 N–H and O–H groups in total. The van der Waals surface area contributed by atoms with Crippen LogP contribution in [0.25, 0.3) is 0 Å². The minimum Gasteiger partial charge on any atom is -0.339 e. The van der Waals surface area contributed by atoms with Crippen molar-refractivity contribution in [1.82, 2.24) is 19.6 Å². The number of hydrogen-bond acceptors (Lipinski definition) is 4. The zero-order valence-electron chi connectivity index (χ0n) is 13.2. The molecule has 1 saturated heterocycles. The van der Waals surface area contributed by atoms with Gasteiger partial charge in [-0.2, -0.15) is 5.10 Å². The normalized spacial score (nSPS) is 16.2. The molecule has 1 amide bonds. The van der Waals surface area contributed by atoms with Gasteiger partial charge in [0.05, 0.1) is 5.69 Å². The zero-order valence-corrected chi connectivity index (χ0v) is 14.0. The fraction of sp³-hybridized carbons (Fsp3) is 0.500. The lowest BCUT2D eigenvalue weighted by atomic mass is 10.3. The van der Waals surface area contributed by atoms with Crippen molar-refractivity contribution in [3.05, 3.63) is 39.8 Å². The van der Waals surface area contributed by atoms with E-state index in [-0.39, 0.29) is 5.91 Å². The van der Waals surface area contributed by atoms with Crippen LogP contribution in [0.1, 0.15) is 16.3 Å². The van der Waals surface area contributed by atoms with E-state index < -0.39 is 0 Å². The molecule has 22 heavy (non-hydrogen) atoms. The number of aromatic nitrogens is 2. The third kappa shape index (κ3) is 3.56. The quantitative estimate of drug-likeness (QED) is 0.865. The van der Waals surface area contributed by atoms with Crippen LogP contribution in [-0.2, 0) is 17.9 Å². The van der Waals surface area contributed by atoms with Crippen molar-refractivity contribution in [2.75, 3.05) is 26.2 Å². The summed E-state index contributed by atoms with van der Waals surface area (Å²) in [5.74, 6) is 0.168. The molecule has 0 aromatic carbocycles. The number of thiophene rings is 1. The zero-order chi connectivity index (χ0) is 15.5. The topological polar surface area (TPSA) is 41.4 Å². The molecule has 0 unspecified atom stereocenters. The Hall–Kier alpha value is -1.66. The monoisotopic (exact) mass is 318 g/mol. The molecule has 1 aliphatic heterocycles.